The number of likely N-dealkylation sites (N-methyl/N-ethyl adjacent to an activating group) is 1. The zero-order valence-electron chi connectivity index (χ0n) is 11.2. The Kier molecular flexibility index (Phi) is 4.52. The molecule has 0 saturated carbocycles. The number of amides is 1. The summed E-state index contributed by atoms with van der Waals surface area (Å²) in [6, 6.07) is 0. The van der Waals surface area contributed by atoms with Crippen molar-refractivity contribution in [1.29, 1.82) is 0 Å². The number of ether oxygens (including phenoxy) is 1. The van der Waals surface area contributed by atoms with E-state index < -0.39 is 5.54 Å². The van der Waals surface area contributed by atoms with Crippen LogP contribution in [-0.2, 0) is 9.53 Å². The topological polar surface area (TPSA) is 81.6 Å². The molecule has 1 heterocycles. The van der Waals surface area contributed by atoms with E-state index in [0.717, 1.165) is 0 Å². The fraction of sp³-hybridized carbons (Fsp3) is 0.917. The lowest BCUT2D eigenvalue weighted by atomic mass is 9.88. The molecule has 0 bridgehead atoms. The average molecular weight is 243 g/mol. The molecule has 0 aromatic carbocycles. The molecule has 1 aliphatic heterocycles. The van der Waals surface area contributed by atoms with Gasteiger partial charge in [0.05, 0.1) is 5.54 Å². The minimum atomic E-state index is -0.752. The molecule has 0 unspecified atom stereocenters. The summed E-state index contributed by atoms with van der Waals surface area (Å²) in [6.07, 6.45) is 1.19. The number of carbonyl (C=O) groups excluding carboxylic acids is 1. The van der Waals surface area contributed by atoms with Crippen LogP contribution in [0.1, 0.15) is 26.7 Å². The van der Waals surface area contributed by atoms with Crippen molar-refractivity contribution < 1.29 is 9.53 Å². The van der Waals surface area contributed by atoms with Crippen LogP contribution in [0.2, 0.25) is 0 Å². The van der Waals surface area contributed by atoms with Gasteiger partial charge in [-0.1, -0.05) is 13.8 Å². The molecule has 4 N–H and O–H groups in total. The van der Waals surface area contributed by atoms with Crippen molar-refractivity contribution in [2.45, 2.75) is 32.2 Å². The van der Waals surface area contributed by atoms with E-state index in [4.69, 9.17) is 16.2 Å². The number of hydrogen-bond acceptors (Lipinski definition) is 4. The molecule has 100 valence electrons. The van der Waals surface area contributed by atoms with Crippen LogP contribution in [0.25, 0.3) is 0 Å². The Bertz CT molecular complexity index is 273. The van der Waals surface area contributed by atoms with Gasteiger partial charge in [-0.2, -0.15) is 0 Å². The van der Waals surface area contributed by atoms with Gasteiger partial charge in [0.15, 0.2) is 0 Å². The molecule has 1 fully saturated rings. The lowest BCUT2D eigenvalue weighted by Crippen LogP contribution is -2.58. The minimum absolute atomic E-state index is 0.00215. The third-order valence-corrected chi connectivity index (χ3v) is 3.38. The van der Waals surface area contributed by atoms with Gasteiger partial charge in [-0.05, 0) is 24.8 Å². The van der Waals surface area contributed by atoms with Gasteiger partial charge in [-0.3, -0.25) is 4.79 Å². The SMILES string of the molecule is CN(CC(C)(C)CN)C(=O)C1(N)CCOCC1. The van der Waals surface area contributed by atoms with Crippen molar-refractivity contribution in [2.75, 3.05) is 33.4 Å². The van der Waals surface area contributed by atoms with Crippen molar-refractivity contribution >= 4 is 5.91 Å². The van der Waals surface area contributed by atoms with E-state index in [1.807, 2.05) is 13.8 Å². The van der Waals surface area contributed by atoms with Crippen LogP contribution >= 0.6 is 0 Å². The van der Waals surface area contributed by atoms with Crippen molar-refractivity contribution in [3.8, 4) is 0 Å². The lowest BCUT2D eigenvalue weighted by molar-refractivity contribution is -0.140. The third kappa shape index (κ3) is 3.66. The van der Waals surface area contributed by atoms with E-state index in [1.165, 1.54) is 0 Å². The van der Waals surface area contributed by atoms with Crippen LogP contribution in [0, 0.1) is 5.41 Å². The molecule has 5 heteroatoms. The highest BCUT2D eigenvalue weighted by molar-refractivity contribution is 5.86. The Morgan fingerprint density at radius 1 is 1.41 bits per heavy atom. The molecule has 5 nitrogen and oxygen atoms in total. The Balaban J connectivity index is 2.62. The van der Waals surface area contributed by atoms with E-state index >= 15 is 0 Å². The van der Waals surface area contributed by atoms with Gasteiger partial charge >= 0.3 is 0 Å². The first-order chi connectivity index (χ1) is 7.81. The minimum Gasteiger partial charge on any atom is -0.381 e. The molecular weight excluding hydrogens is 218 g/mol. The number of hydrogen-bond donors (Lipinski definition) is 2. The Hall–Kier alpha value is -0.650. The maximum atomic E-state index is 12.3. The van der Waals surface area contributed by atoms with Crippen molar-refractivity contribution in [3.63, 3.8) is 0 Å². The zero-order valence-corrected chi connectivity index (χ0v) is 11.2. The lowest BCUT2D eigenvalue weighted by Gasteiger charge is -2.38. The van der Waals surface area contributed by atoms with Crippen LogP contribution in [0.4, 0.5) is 0 Å². The quantitative estimate of drug-likeness (QED) is 0.724. The number of nitrogens with two attached hydrogens (primary N) is 2. The summed E-state index contributed by atoms with van der Waals surface area (Å²) in [6.45, 7) is 6.40. The molecule has 1 rings (SSSR count). The monoisotopic (exact) mass is 243 g/mol. The summed E-state index contributed by atoms with van der Waals surface area (Å²) in [4.78, 5) is 14.0. The number of nitrogens with zero attached hydrogens (tertiary/aromatic N) is 1. The normalized spacial score (nSPS) is 20.1. The van der Waals surface area contributed by atoms with Gasteiger partial charge in [-0.25, -0.2) is 0 Å². The molecule has 17 heavy (non-hydrogen) atoms. The predicted octanol–water partition coefficient (Wildman–Crippen LogP) is -0.0624. The van der Waals surface area contributed by atoms with E-state index in [9.17, 15) is 4.79 Å². The molecular formula is C12H25N3O2. The van der Waals surface area contributed by atoms with Crippen molar-refractivity contribution in [1.82, 2.24) is 4.90 Å². The van der Waals surface area contributed by atoms with Gasteiger partial charge in [0.2, 0.25) is 5.91 Å². The second kappa shape index (κ2) is 5.33. The zero-order chi connectivity index (χ0) is 13.1. The highest BCUT2D eigenvalue weighted by atomic mass is 16.5. The van der Waals surface area contributed by atoms with Gasteiger partial charge in [0.25, 0.3) is 0 Å². The molecule has 1 aliphatic rings. The smallest absolute Gasteiger partial charge is 0.242 e. The van der Waals surface area contributed by atoms with Gasteiger partial charge in [-0.15, -0.1) is 0 Å². The van der Waals surface area contributed by atoms with Gasteiger partial charge < -0.3 is 21.1 Å². The molecule has 0 aromatic heterocycles. The van der Waals surface area contributed by atoms with Crippen LogP contribution < -0.4 is 11.5 Å². The first kappa shape index (κ1) is 14.4. The summed E-state index contributed by atoms with van der Waals surface area (Å²) in [5, 5.41) is 0. The molecule has 0 atom stereocenters. The largest absolute Gasteiger partial charge is 0.381 e. The second-order valence-corrected chi connectivity index (χ2v) is 5.80. The summed E-state index contributed by atoms with van der Waals surface area (Å²) in [5.41, 5.74) is 11.0. The van der Waals surface area contributed by atoms with Crippen LogP contribution in [0.5, 0.6) is 0 Å². The van der Waals surface area contributed by atoms with Crippen LogP contribution in [0.3, 0.4) is 0 Å². The summed E-state index contributed by atoms with van der Waals surface area (Å²) in [5.74, 6) is 0.00215. The van der Waals surface area contributed by atoms with Crippen LogP contribution in [-0.4, -0.2) is 49.7 Å². The van der Waals surface area contributed by atoms with E-state index in [0.29, 0.717) is 39.1 Å². The fourth-order valence-electron chi connectivity index (χ4n) is 2.11. The maximum absolute atomic E-state index is 12.3. The molecule has 1 amide bonds. The van der Waals surface area contributed by atoms with Crippen molar-refractivity contribution in [2.24, 2.45) is 16.9 Å². The molecule has 1 saturated heterocycles. The fourth-order valence-corrected chi connectivity index (χ4v) is 2.11. The van der Waals surface area contributed by atoms with E-state index in [2.05, 4.69) is 0 Å². The molecule has 0 spiro atoms. The predicted molar refractivity (Wildman–Crippen MR) is 67.4 cm³/mol. The highest BCUT2D eigenvalue weighted by Gasteiger charge is 2.38. The number of carbonyl (C=O) groups is 1. The Labute approximate surface area is 103 Å². The summed E-state index contributed by atoms with van der Waals surface area (Å²) in [7, 11) is 1.80. The molecule has 0 radical (unpaired) electrons. The highest BCUT2D eigenvalue weighted by Crippen LogP contribution is 2.22. The van der Waals surface area contributed by atoms with E-state index in [-0.39, 0.29) is 11.3 Å². The van der Waals surface area contributed by atoms with E-state index in [1.54, 1.807) is 11.9 Å². The summed E-state index contributed by atoms with van der Waals surface area (Å²) < 4.78 is 5.25. The number of rotatable bonds is 4. The van der Waals surface area contributed by atoms with Gasteiger partial charge in [0, 0.05) is 26.8 Å². The Morgan fingerprint density at radius 2 is 1.94 bits per heavy atom. The van der Waals surface area contributed by atoms with Crippen LogP contribution in [0.15, 0.2) is 0 Å². The molecule has 0 aromatic rings. The standard InChI is InChI=1S/C12H25N3O2/c1-11(2,8-13)9-15(3)10(16)12(14)4-6-17-7-5-12/h4-9,13-14H2,1-3H3. The molecule has 0 aliphatic carbocycles. The van der Waals surface area contributed by atoms with Gasteiger partial charge in [0.1, 0.15) is 0 Å². The summed E-state index contributed by atoms with van der Waals surface area (Å²) >= 11 is 0. The first-order valence-corrected chi connectivity index (χ1v) is 6.13. The average Bonchev–Trinajstić information content (AvgIpc) is 2.28. The second-order valence-electron chi connectivity index (χ2n) is 5.80. The maximum Gasteiger partial charge on any atom is 0.242 e. The third-order valence-electron chi connectivity index (χ3n) is 3.38. The first-order valence-electron chi connectivity index (χ1n) is 6.13. The van der Waals surface area contributed by atoms with Crippen molar-refractivity contribution in [3.05, 3.63) is 0 Å². The Morgan fingerprint density at radius 3 is 2.41 bits per heavy atom.